The van der Waals surface area contributed by atoms with Crippen LogP contribution in [0.5, 0.6) is 0 Å². The lowest BCUT2D eigenvalue weighted by Gasteiger charge is -2.30. The van der Waals surface area contributed by atoms with Gasteiger partial charge < -0.3 is 0 Å². The van der Waals surface area contributed by atoms with E-state index in [0.29, 0.717) is 0 Å². The molecule has 0 bridgehead atoms. The topological polar surface area (TPSA) is 0 Å². The number of benzene rings is 4. The zero-order chi connectivity index (χ0) is 20.2. The van der Waals surface area contributed by atoms with Gasteiger partial charge in [-0.25, -0.2) is 0 Å². The van der Waals surface area contributed by atoms with Gasteiger partial charge in [0.1, 0.15) is 3.82 Å². The van der Waals surface area contributed by atoms with E-state index in [4.69, 9.17) is 0 Å². The zero-order valence-corrected chi connectivity index (χ0v) is 19.9. The average molecular weight is 461 g/mol. The molecule has 0 spiro atoms. The highest BCUT2D eigenvalue weighted by molar-refractivity contribution is 8.96. The van der Waals surface area contributed by atoms with Gasteiger partial charge in [0.25, 0.3) is 0 Å². The van der Waals surface area contributed by atoms with Crippen molar-refractivity contribution in [3.05, 3.63) is 121 Å². The molecule has 0 nitrogen and oxygen atoms in total. The summed E-state index contributed by atoms with van der Waals surface area (Å²) in [5.74, 6) is 0. The van der Waals surface area contributed by atoms with Crippen LogP contribution >= 0.6 is 37.4 Å². The lowest BCUT2D eigenvalue weighted by molar-refractivity contribution is 1.37. The summed E-state index contributed by atoms with van der Waals surface area (Å²) in [6.45, 7) is 0. The van der Waals surface area contributed by atoms with Crippen molar-refractivity contribution in [1.29, 1.82) is 0 Å². The summed E-state index contributed by atoms with van der Waals surface area (Å²) in [7, 11) is 3.32. The van der Waals surface area contributed by atoms with E-state index in [-0.39, 0.29) is 3.82 Å². The second-order valence-electron chi connectivity index (χ2n) is 7.14. The van der Waals surface area contributed by atoms with E-state index in [1.165, 1.54) is 27.4 Å². The molecule has 30 heavy (non-hydrogen) atoms. The third kappa shape index (κ3) is 4.39. The Morgan fingerprint density at radius 1 is 0.467 bits per heavy atom. The van der Waals surface area contributed by atoms with Crippen molar-refractivity contribution in [3.8, 4) is 0 Å². The summed E-state index contributed by atoms with van der Waals surface area (Å²) in [6.07, 6.45) is 1.20. The first-order valence-electron chi connectivity index (χ1n) is 10.0. The molecular formula is C26H22P2S2. The molecule has 0 amide bonds. The van der Waals surface area contributed by atoms with Crippen LogP contribution in [0, 0.1) is 0 Å². The molecular weight excluding hydrogens is 438 g/mol. The minimum atomic E-state index is -0.454. The lowest BCUT2D eigenvalue weighted by atomic mass is 10.4. The van der Waals surface area contributed by atoms with Gasteiger partial charge >= 0.3 is 0 Å². The maximum absolute atomic E-state index is 2.33. The molecule has 0 unspecified atom stereocenters. The quantitative estimate of drug-likeness (QED) is 0.180. The van der Waals surface area contributed by atoms with Gasteiger partial charge in [0.2, 0.25) is 0 Å². The number of hydrogen-bond donors (Lipinski definition) is 0. The van der Waals surface area contributed by atoms with Crippen molar-refractivity contribution in [1.82, 2.24) is 0 Å². The van der Waals surface area contributed by atoms with Crippen molar-refractivity contribution in [2.45, 2.75) is 3.82 Å². The normalized spacial score (nSPS) is 14.7. The van der Waals surface area contributed by atoms with Crippen LogP contribution in [0.3, 0.4) is 0 Å². The van der Waals surface area contributed by atoms with E-state index in [2.05, 4.69) is 143 Å². The third-order valence-corrected chi connectivity index (χ3v) is 15.8. The molecule has 148 valence electrons. The molecule has 4 aromatic rings. The minimum Gasteiger partial charge on any atom is -0.0677 e. The van der Waals surface area contributed by atoms with Gasteiger partial charge in [-0.1, -0.05) is 143 Å². The fraction of sp³-hybridized carbons (Fsp3) is 0.0769. The van der Waals surface area contributed by atoms with Gasteiger partial charge in [-0.3, -0.25) is 0 Å². The Labute approximate surface area is 189 Å². The lowest BCUT2D eigenvalue weighted by Crippen LogP contribution is -2.27. The molecule has 4 heteroatoms. The standard InChI is InChI=1S/C26H22P2S2/c1-5-13-22(14-6-1)27(23-15-7-2-8-16-23)21-26(29-30-26)28(24-17-9-3-10-18-24)25-19-11-4-12-20-25/h1-20H,21H2. The Morgan fingerprint density at radius 2 is 0.800 bits per heavy atom. The van der Waals surface area contributed by atoms with Crippen LogP contribution < -0.4 is 21.2 Å². The SMILES string of the molecule is c1ccc(P(CC2(P(c3ccccc3)c3ccccc3)SS2)c2ccccc2)cc1. The second-order valence-corrected chi connectivity index (χ2v) is 15.4. The van der Waals surface area contributed by atoms with Crippen molar-refractivity contribution in [3.63, 3.8) is 0 Å². The van der Waals surface area contributed by atoms with E-state index in [1.807, 2.05) is 0 Å². The number of hydrogen-bond acceptors (Lipinski definition) is 2. The molecule has 0 atom stereocenters. The Morgan fingerprint density at radius 3 is 1.13 bits per heavy atom. The van der Waals surface area contributed by atoms with Gasteiger partial charge in [0.05, 0.1) is 0 Å². The van der Waals surface area contributed by atoms with E-state index in [1.54, 1.807) is 0 Å². The Hall–Kier alpha value is -1.56. The van der Waals surface area contributed by atoms with Gasteiger partial charge in [-0.05, 0) is 37.1 Å². The fourth-order valence-corrected chi connectivity index (χ4v) is 14.9. The smallest absolute Gasteiger partial charge is 0.0677 e. The maximum Gasteiger partial charge on any atom is 0.113 e. The summed E-state index contributed by atoms with van der Waals surface area (Å²) in [4.78, 5) is 0. The van der Waals surface area contributed by atoms with Gasteiger partial charge in [-0.2, -0.15) is 0 Å². The van der Waals surface area contributed by atoms with E-state index in [0.717, 1.165) is 0 Å². The van der Waals surface area contributed by atoms with Gasteiger partial charge in [0.15, 0.2) is 0 Å². The van der Waals surface area contributed by atoms with Crippen LogP contribution in [0.25, 0.3) is 0 Å². The molecule has 0 aromatic heterocycles. The molecule has 0 radical (unpaired) electrons. The van der Waals surface area contributed by atoms with Crippen molar-refractivity contribution in [2.24, 2.45) is 0 Å². The third-order valence-electron chi connectivity index (χ3n) is 5.14. The molecule has 1 aliphatic heterocycles. The van der Waals surface area contributed by atoms with Crippen molar-refractivity contribution in [2.75, 3.05) is 6.16 Å². The van der Waals surface area contributed by atoms with Crippen LogP contribution in [0.2, 0.25) is 0 Å². The highest BCUT2D eigenvalue weighted by Gasteiger charge is 2.55. The van der Waals surface area contributed by atoms with Gasteiger partial charge in [-0.15, -0.1) is 0 Å². The average Bonchev–Trinajstić information content (AvgIpc) is 3.60. The second kappa shape index (κ2) is 9.29. The molecule has 1 aliphatic rings. The summed E-state index contributed by atoms with van der Waals surface area (Å²) in [5.41, 5.74) is 0. The summed E-state index contributed by atoms with van der Waals surface area (Å²) in [5, 5.41) is 5.91. The van der Waals surface area contributed by atoms with Gasteiger partial charge in [0, 0.05) is 6.16 Å². The first-order valence-corrected chi connectivity index (χ1v) is 15.0. The largest absolute Gasteiger partial charge is 0.113 e. The first kappa shape index (κ1) is 20.3. The monoisotopic (exact) mass is 460 g/mol. The Bertz CT molecular complexity index is 990. The zero-order valence-electron chi connectivity index (χ0n) is 16.5. The van der Waals surface area contributed by atoms with Crippen LogP contribution in [0.1, 0.15) is 0 Å². The molecule has 1 fully saturated rings. The highest BCUT2D eigenvalue weighted by atomic mass is 33.2. The summed E-state index contributed by atoms with van der Waals surface area (Å²) in [6, 6.07) is 44.6. The molecule has 1 saturated heterocycles. The van der Waals surface area contributed by atoms with E-state index >= 15 is 0 Å². The predicted molar refractivity (Wildman–Crippen MR) is 141 cm³/mol. The first-order chi connectivity index (χ1) is 14.9. The maximum atomic E-state index is 2.33. The van der Waals surface area contributed by atoms with E-state index in [9.17, 15) is 0 Å². The molecule has 0 aliphatic carbocycles. The van der Waals surface area contributed by atoms with E-state index < -0.39 is 15.8 Å². The molecule has 0 saturated carbocycles. The summed E-state index contributed by atoms with van der Waals surface area (Å²) < 4.78 is 0.232. The van der Waals surface area contributed by atoms with Crippen molar-refractivity contribution >= 4 is 58.6 Å². The molecule has 5 rings (SSSR count). The van der Waals surface area contributed by atoms with Crippen LogP contribution in [0.4, 0.5) is 0 Å². The van der Waals surface area contributed by atoms with Crippen molar-refractivity contribution < 1.29 is 0 Å². The fourth-order valence-electron chi connectivity index (χ4n) is 3.69. The van der Waals surface area contributed by atoms with Crippen LogP contribution in [-0.4, -0.2) is 9.98 Å². The molecule has 0 N–H and O–H groups in total. The molecule has 1 heterocycles. The highest BCUT2D eigenvalue weighted by Crippen LogP contribution is 2.81. The predicted octanol–water partition coefficient (Wildman–Crippen LogP) is 6.30. The minimum absolute atomic E-state index is 0.232. The van der Waals surface area contributed by atoms with Crippen LogP contribution in [-0.2, 0) is 0 Å². The summed E-state index contributed by atoms with van der Waals surface area (Å²) >= 11 is 0. The Kier molecular flexibility index (Phi) is 6.30. The Balaban J connectivity index is 1.57. The molecule has 4 aromatic carbocycles. The van der Waals surface area contributed by atoms with Crippen LogP contribution in [0.15, 0.2) is 121 Å². The number of rotatable bonds is 7.